The number of halogens is 3. The molecule has 0 heterocycles. The second kappa shape index (κ2) is 5.67. The number of aliphatic hydroxyl groups is 1. The van der Waals surface area contributed by atoms with Crippen molar-refractivity contribution in [2.24, 2.45) is 0 Å². The van der Waals surface area contributed by atoms with Gasteiger partial charge in [-0.05, 0) is 13.3 Å². The van der Waals surface area contributed by atoms with E-state index in [-0.39, 0.29) is 18.5 Å². The highest BCUT2D eigenvalue weighted by Crippen LogP contribution is 2.17. The van der Waals surface area contributed by atoms with Crippen molar-refractivity contribution >= 4 is 11.6 Å². The Morgan fingerprint density at radius 3 is 2.35 bits per heavy atom. The van der Waals surface area contributed by atoms with Crippen LogP contribution in [0.3, 0.4) is 0 Å². The Hall–Kier alpha value is -1.56. The molecule has 0 saturated carbocycles. The van der Waals surface area contributed by atoms with E-state index in [2.05, 4.69) is 5.32 Å². The molecule has 0 aliphatic heterocycles. The zero-order valence-electron chi connectivity index (χ0n) is 9.14. The first-order valence-electron chi connectivity index (χ1n) is 5.02. The lowest BCUT2D eigenvalue weighted by Crippen LogP contribution is -2.14. The van der Waals surface area contributed by atoms with Crippen LogP contribution in [0.25, 0.3) is 0 Å². The molecule has 0 aromatic heterocycles. The second-order valence-electron chi connectivity index (χ2n) is 3.69. The molecule has 0 bridgehead atoms. The number of anilines is 1. The topological polar surface area (TPSA) is 49.3 Å². The zero-order chi connectivity index (χ0) is 13.0. The molecule has 17 heavy (non-hydrogen) atoms. The van der Waals surface area contributed by atoms with Crippen LogP contribution in [-0.2, 0) is 4.79 Å². The van der Waals surface area contributed by atoms with Crippen molar-refractivity contribution in [3.05, 3.63) is 29.6 Å². The van der Waals surface area contributed by atoms with Gasteiger partial charge in [-0.3, -0.25) is 4.79 Å². The largest absolute Gasteiger partial charge is 0.393 e. The van der Waals surface area contributed by atoms with Crippen molar-refractivity contribution in [1.82, 2.24) is 0 Å². The summed E-state index contributed by atoms with van der Waals surface area (Å²) < 4.78 is 38.2. The molecule has 1 unspecified atom stereocenters. The van der Waals surface area contributed by atoms with Gasteiger partial charge in [-0.15, -0.1) is 0 Å². The number of amides is 1. The predicted octanol–water partition coefficient (Wildman–Crippen LogP) is 2.20. The highest BCUT2D eigenvalue weighted by molar-refractivity contribution is 5.90. The normalized spacial score (nSPS) is 12.3. The van der Waals surface area contributed by atoms with Crippen LogP contribution in [0.2, 0.25) is 0 Å². The first-order chi connectivity index (χ1) is 7.90. The molecule has 0 saturated heterocycles. The van der Waals surface area contributed by atoms with Crippen LogP contribution < -0.4 is 5.32 Å². The molecule has 2 N–H and O–H groups in total. The highest BCUT2D eigenvalue weighted by Gasteiger charge is 2.12. The lowest BCUT2D eigenvalue weighted by molar-refractivity contribution is -0.116. The molecule has 1 aromatic rings. The number of carbonyl (C=O) groups excluding carboxylic acids is 1. The number of carbonyl (C=O) groups is 1. The number of nitrogens with one attached hydrogen (secondary N) is 1. The standard InChI is InChI=1S/C11H12F3NO2/c1-6(16)2-3-10(17)15-7-4-8(12)11(14)9(13)5-7/h4-6,16H,2-3H2,1H3,(H,15,17). The summed E-state index contributed by atoms with van der Waals surface area (Å²) in [6, 6.07) is 1.39. The van der Waals surface area contributed by atoms with Crippen LogP contribution >= 0.6 is 0 Å². The van der Waals surface area contributed by atoms with Gasteiger partial charge in [0.25, 0.3) is 0 Å². The first-order valence-corrected chi connectivity index (χ1v) is 5.02. The van der Waals surface area contributed by atoms with Gasteiger partial charge in [0.05, 0.1) is 6.10 Å². The first kappa shape index (κ1) is 13.5. The van der Waals surface area contributed by atoms with E-state index in [1.54, 1.807) is 0 Å². The second-order valence-corrected chi connectivity index (χ2v) is 3.69. The molecule has 94 valence electrons. The van der Waals surface area contributed by atoms with Crippen molar-refractivity contribution in [2.45, 2.75) is 25.9 Å². The van der Waals surface area contributed by atoms with Crippen molar-refractivity contribution < 1.29 is 23.1 Å². The van der Waals surface area contributed by atoms with Crippen LogP contribution in [-0.4, -0.2) is 17.1 Å². The van der Waals surface area contributed by atoms with Crippen LogP contribution in [0.5, 0.6) is 0 Å². The Bertz CT molecular complexity index is 398. The van der Waals surface area contributed by atoms with E-state index < -0.39 is 29.5 Å². The third-order valence-corrected chi connectivity index (χ3v) is 2.06. The van der Waals surface area contributed by atoms with E-state index in [1.165, 1.54) is 6.92 Å². The van der Waals surface area contributed by atoms with Crippen LogP contribution in [0, 0.1) is 17.5 Å². The monoisotopic (exact) mass is 247 g/mol. The number of rotatable bonds is 4. The van der Waals surface area contributed by atoms with E-state index in [9.17, 15) is 18.0 Å². The van der Waals surface area contributed by atoms with Gasteiger partial charge in [0, 0.05) is 24.2 Å². The Kier molecular flexibility index (Phi) is 4.51. The minimum absolute atomic E-state index is 0.0122. The maximum atomic E-state index is 12.8. The molecule has 0 aliphatic carbocycles. The molecule has 6 heteroatoms. The van der Waals surface area contributed by atoms with Crippen LogP contribution in [0.1, 0.15) is 19.8 Å². The maximum absolute atomic E-state index is 12.8. The van der Waals surface area contributed by atoms with Crippen molar-refractivity contribution in [2.75, 3.05) is 5.32 Å². The Morgan fingerprint density at radius 2 is 1.88 bits per heavy atom. The van der Waals surface area contributed by atoms with Crippen molar-refractivity contribution in [3.63, 3.8) is 0 Å². The molecular formula is C11H12F3NO2. The minimum Gasteiger partial charge on any atom is -0.393 e. The summed E-state index contributed by atoms with van der Waals surface area (Å²) in [4.78, 5) is 11.3. The summed E-state index contributed by atoms with van der Waals surface area (Å²) in [5.74, 6) is -4.81. The van der Waals surface area contributed by atoms with Crippen molar-refractivity contribution in [1.29, 1.82) is 0 Å². The molecule has 1 rings (SSSR count). The summed E-state index contributed by atoms with van der Waals surface area (Å²) in [7, 11) is 0. The van der Waals surface area contributed by atoms with E-state index in [4.69, 9.17) is 5.11 Å². The number of hydrogen-bond acceptors (Lipinski definition) is 2. The summed E-state index contributed by atoms with van der Waals surface area (Å²) in [6.45, 7) is 1.52. The Morgan fingerprint density at radius 1 is 1.35 bits per heavy atom. The van der Waals surface area contributed by atoms with Gasteiger partial charge in [-0.25, -0.2) is 13.2 Å². The fraction of sp³-hybridized carbons (Fsp3) is 0.364. The van der Waals surface area contributed by atoms with Crippen molar-refractivity contribution in [3.8, 4) is 0 Å². The minimum atomic E-state index is -1.58. The average molecular weight is 247 g/mol. The van der Waals surface area contributed by atoms with Gasteiger partial charge in [-0.1, -0.05) is 0 Å². The third-order valence-electron chi connectivity index (χ3n) is 2.06. The van der Waals surface area contributed by atoms with Gasteiger partial charge in [0.15, 0.2) is 17.5 Å². The fourth-order valence-corrected chi connectivity index (χ4v) is 1.19. The lowest BCUT2D eigenvalue weighted by Gasteiger charge is -2.07. The molecule has 1 amide bonds. The third kappa shape index (κ3) is 4.07. The fourth-order valence-electron chi connectivity index (χ4n) is 1.19. The summed E-state index contributed by atoms with van der Waals surface area (Å²) in [5, 5.41) is 11.2. The molecule has 0 aliphatic rings. The highest BCUT2D eigenvalue weighted by atomic mass is 19.2. The average Bonchev–Trinajstić information content (AvgIpc) is 2.23. The molecule has 3 nitrogen and oxygen atoms in total. The summed E-state index contributed by atoms with van der Waals surface area (Å²) in [6.07, 6.45) is -0.390. The predicted molar refractivity (Wildman–Crippen MR) is 55.9 cm³/mol. The van der Waals surface area contributed by atoms with E-state index in [1.807, 2.05) is 0 Å². The van der Waals surface area contributed by atoms with Crippen LogP contribution in [0.4, 0.5) is 18.9 Å². The SMILES string of the molecule is CC(O)CCC(=O)Nc1cc(F)c(F)c(F)c1. The van der Waals surface area contributed by atoms with Gasteiger partial charge in [0.2, 0.25) is 5.91 Å². The van der Waals surface area contributed by atoms with Gasteiger partial charge in [-0.2, -0.15) is 0 Å². The quantitative estimate of drug-likeness (QED) is 0.801. The van der Waals surface area contributed by atoms with E-state index in [0.29, 0.717) is 12.1 Å². The smallest absolute Gasteiger partial charge is 0.224 e. The van der Waals surface area contributed by atoms with Gasteiger partial charge in [0.1, 0.15) is 0 Å². The molecule has 0 spiro atoms. The van der Waals surface area contributed by atoms with E-state index >= 15 is 0 Å². The number of aliphatic hydroxyl groups excluding tert-OH is 1. The van der Waals surface area contributed by atoms with E-state index in [0.717, 1.165) is 0 Å². The maximum Gasteiger partial charge on any atom is 0.224 e. The molecule has 0 radical (unpaired) electrons. The molecular weight excluding hydrogens is 235 g/mol. The summed E-state index contributed by atoms with van der Waals surface area (Å²) in [5.41, 5.74) is -0.156. The number of benzene rings is 1. The lowest BCUT2D eigenvalue weighted by atomic mass is 10.2. The Labute approximate surface area is 96.3 Å². The van der Waals surface area contributed by atoms with Crippen LogP contribution in [0.15, 0.2) is 12.1 Å². The summed E-state index contributed by atoms with van der Waals surface area (Å²) >= 11 is 0. The van der Waals surface area contributed by atoms with Gasteiger partial charge >= 0.3 is 0 Å². The molecule has 1 atom stereocenters. The van der Waals surface area contributed by atoms with Gasteiger partial charge < -0.3 is 10.4 Å². The zero-order valence-corrected chi connectivity index (χ0v) is 9.14. The Balaban J connectivity index is 2.66. The molecule has 1 aromatic carbocycles. The number of hydrogen-bond donors (Lipinski definition) is 2. The molecule has 0 fully saturated rings.